The molecule has 2 aromatic heterocycles. The molecule has 0 radical (unpaired) electrons. The van der Waals surface area contributed by atoms with E-state index in [4.69, 9.17) is 0 Å². The first-order chi connectivity index (χ1) is 17.9. The van der Waals surface area contributed by atoms with Crippen LogP contribution in [0.25, 0.3) is 22.5 Å². The first-order valence-electron chi connectivity index (χ1n) is 12.4. The van der Waals surface area contributed by atoms with E-state index >= 15 is 0 Å². The average molecular weight is 529 g/mol. The summed E-state index contributed by atoms with van der Waals surface area (Å²) in [5.41, 5.74) is 4.17. The van der Waals surface area contributed by atoms with Crippen molar-refractivity contribution in [2.75, 3.05) is 16.8 Å². The molecule has 8 nitrogen and oxygen atoms in total. The Morgan fingerprint density at radius 1 is 1.08 bits per heavy atom. The summed E-state index contributed by atoms with van der Waals surface area (Å²) in [6.07, 6.45) is 2.14. The Hall–Kier alpha value is -3.54. The van der Waals surface area contributed by atoms with Gasteiger partial charge in [-0.05, 0) is 47.7 Å². The second-order valence-electron chi connectivity index (χ2n) is 9.04. The van der Waals surface area contributed by atoms with E-state index in [1.807, 2.05) is 42.5 Å². The average Bonchev–Trinajstić information content (AvgIpc) is 3.61. The fourth-order valence-electron chi connectivity index (χ4n) is 4.90. The SMILES string of the molecule is CCCN(c1ccc(-c2ccccc2-c2nn[nH]n2)cc1Nc1nc(C(F)(F)F)ns1)C1CCCCC1. The number of hydrogen-bond donors (Lipinski definition) is 2. The van der Waals surface area contributed by atoms with Crippen LogP contribution >= 0.6 is 11.5 Å². The van der Waals surface area contributed by atoms with Gasteiger partial charge in [0.1, 0.15) is 0 Å². The zero-order valence-electron chi connectivity index (χ0n) is 20.3. The van der Waals surface area contributed by atoms with E-state index in [-0.39, 0.29) is 5.13 Å². The number of alkyl halides is 3. The third-order valence-corrected chi connectivity index (χ3v) is 7.16. The summed E-state index contributed by atoms with van der Waals surface area (Å²) in [5.74, 6) is -0.680. The van der Waals surface area contributed by atoms with Gasteiger partial charge >= 0.3 is 6.18 Å². The van der Waals surface area contributed by atoms with E-state index < -0.39 is 12.0 Å². The summed E-state index contributed by atoms with van der Waals surface area (Å²) in [5, 5.41) is 17.7. The maximum atomic E-state index is 13.2. The minimum atomic E-state index is -4.60. The number of aromatic amines is 1. The smallest absolute Gasteiger partial charge is 0.367 e. The first-order valence-corrected chi connectivity index (χ1v) is 13.1. The van der Waals surface area contributed by atoms with E-state index in [0.717, 1.165) is 48.2 Å². The fraction of sp³-hybridized carbons (Fsp3) is 0.400. The Morgan fingerprint density at radius 2 is 1.86 bits per heavy atom. The van der Waals surface area contributed by atoms with Crippen molar-refractivity contribution in [1.82, 2.24) is 30.0 Å². The van der Waals surface area contributed by atoms with Gasteiger partial charge in [-0.1, -0.05) is 56.5 Å². The highest BCUT2D eigenvalue weighted by Gasteiger charge is 2.36. The highest BCUT2D eigenvalue weighted by atomic mass is 32.1. The van der Waals surface area contributed by atoms with Gasteiger partial charge in [-0.2, -0.15) is 27.7 Å². The van der Waals surface area contributed by atoms with Crippen LogP contribution in [0.3, 0.4) is 0 Å². The molecule has 1 aliphatic carbocycles. The number of hydrogen-bond acceptors (Lipinski definition) is 8. The Balaban J connectivity index is 1.59. The molecule has 2 aromatic carbocycles. The molecule has 12 heteroatoms. The molecule has 0 aliphatic heterocycles. The number of rotatable bonds is 8. The molecule has 0 bridgehead atoms. The highest BCUT2D eigenvalue weighted by molar-refractivity contribution is 7.09. The zero-order valence-corrected chi connectivity index (χ0v) is 21.1. The maximum Gasteiger partial charge on any atom is 0.452 e. The van der Waals surface area contributed by atoms with Gasteiger partial charge in [-0.15, -0.1) is 10.2 Å². The monoisotopic (exact) mass is 528 g/mol. The molecular formula is C25H27F3N8S. The topological polar surface area (TPSA) is 95.5 Å². The van der Waals surface area contributed by atoms with Crippen LogP contribution in [0.5, 0.6) is 0 Å². The van der Waals surface area contributed by atoms with Gasteiger partial charge in [-0.3, -0.25) is 0 Å². The first kappa shape index (κ1) is 25.1. The number of benzene rings is 2. The summed E-state index contributed by atoms with van der Waals surface area (Å²) in [7, 11) is 0. The number of tetrazole rings is 1. The zero-order chi connectivity index (χ0) is 25.8. The van der Waals surface area contributed by atoms with Crippen LogP contribution in [-0.4, -0.2) is 42.6 Å². The predicted molar refractivity (Wildman–Crippen MR) is 138 cm³/mol. The molecular weight excluding hydrogens is 501 g/mol. The Bertz CT molecular complexity index is 1320. The van der Waals surface area contributed by atoms with Crippen LogP contribution in [0.15, 0.2) is 42.5 Å². The lowest BCUT2D eigenvalue weighted by atomic mass is 9.93. The third kappa shape index (κ3) is 5.58. The van der Waals surface area contributed by atoms with Gasteiger partial charge in [0, 0.05) is 29.7 Å². The van der Waals surface area contributed by atoms with Gasteiger partial charge < -0.3 is 10.2 Å². The van der Waals surface area contributed by atoms with Gasteiger partial charge in [0.25, 0.3) is 0 Å². The number of nitrogens with zero attached hydrogens (tertiary/aromatic N) is 6. The number of nitrogens with one attached hydrogen (secondary N) is 2. The minimum absolute atomic E-state index is 0.0947. The van der Waals surface area contributed by atoms with Crippen molar-refractivity contribution in [3.63, 3.8) is 0 Å². The molecule has 37 heavy (non-hydrogen) atoms. The van der Waals surface area contributed by atoms with Crippen LogP contribution < -0.4 is 10.2 Å². The van der Waals surface area contributed by atoms with Gasteiger partial charge in [-0.25, -0.2) is 0 Å². The molecule has 0 unspecified atom stereocenters. The van der Waals surface area contributed by atoms with Crippen molar-refractivity contribution >= 4 is 28.0 Å². The van der Waals surface area contributed by atoms with Crippen molar-refractivity contribution in [2.45, 2.75) is 57.7 Å². The van der Waals surface area contributed by atoms with E-state index in [0.29, 0.717) is 29.1 Å². The van der Waals surface area contributed by atoms with E-state index in [2.05, 4.69) is 47.1 Å². The highest BCUT2D eigenvalue weighted by Crippen LogP contribution is 2.40. The second kappa shape index (κ2) is 10.8. The van der Waals surface area contributed by atoms with Gasteiger partial charge in [0.2, 0.25) is 16.8 Å². The van der Waals surface area contributed by atoms with Crippen LogP contribution in [-0.2, 0) is 6.18 Å². The molecule has 1 saturated carbocycles. The summed E-state index contributed by atoms with van der Waals surface area (Å²) in [4.78, 5) is 6.11. The van der Waals surface area contributed by atoms with Crippen molar-refractivity contribution in [3.05, 3.63) is 48.3 Å². The van der Waals surface area contributed by atoms with E-state index in [9.17, 15) is 13.2 Å². The molecule has 2 heterocycles. The molecule has 1 aliphatic rings. The molecule has 0 saturated heterocycles. The van der Waals surface area contributed by atoms with Crippen molar-refractivity contribution < 1.29 is 13.2 Å². The number of anilines is 3. The predicted octanol–water partition coefficient (Wildman–Crippen LogP) is 6.70. The molecule has 194 valence electrons. The summed E-state index contributed by atoms with van der Waals surface area (Å²) < 4.78 is 43.1. The van der Waals surface area contributed by atoms with Crippen LogP contribution in [0.2, 0.25) is 0 Å². The van der Waals surface area contributed by atoms with E-state index in [1.165, 1.54) is 19.3 Å². The number of H-pyrrole nitrogens is 1. The summed E-state index contributed by atoms with van der Waals surface area (Å²) >= 11 is 0.700. The molecule has 1 fully saturated rings. The molecule has 0 atom stereocenters. The van der Waals surface area contributed by atoms with Crippen LogP contribution in [0, 0.1) is 0 Å². The van der Waals surface area contributed by atoms with Crippen LogP contribution in [0.4, 0.5) is 29.7 Å². The standard InChI is InChI=1S/C25H27F3N8S/c1-2-14-36(17-8-4-3-5-9-17)21-13-12-16(18-10-6-7-11-19(18)22-31-34-35-32-22)15-20(21)29-24-30-23(33-37-24)25(26,27)28/h6-7,10-13,15,17H,2-5,8-9,14H2,1H3,(H,29,30,33)(H,31,32,34,35). The van der Waals surface area contributed by atoms with Crippen molar-refractivity contribution in [2.24, 2.45) is 0 Å². The number of halogens is 3. The van der Waals surface area contributed by atoms with Gasteiger partial charge in [0.15, 0.2) is 0 Å². The molecule has 2 N–H and O–H groups in total. The maximum absolute atomic E-state index is 13.2. The quantitative estimate of drug-likeness (QED) is 0.263. The lowest BCUT2D eigenvalue weighted by molar-refractivity contribution is -0.144. The Morgan fingerprint density at radius 3 is 2.54 bits per heavy atom. The molecule has 4 aromatic rings. The fourth-order valence-corrected chi connectivity index (χ4v) is 5.50. The summed E-state index contributed by atoms with van der Waals surface area (Å²) in [6.45, 7) is 2.99. The molecule has 0 amide bonds. The largest absolute Gasteiger partial charge is 0.452 e. The Kier molecular flexibility index (Phi) is 7.36. The van der Waals surface area contributed by atoms with Gasteiger partial charge in [0.05, 0.1) is 11.4 Å². The van der Waals surface area contributed by atoms with Crippen molar-refractivity contribution in [1.29, 1.82) is 0 Å². The van der Waals surface area contributed by atoms with Crippen LogP contribution in [0.1, 0.15) is 51.3 Å². The third-order valence-electron chi connectivity index (χ3n) is 6.53. The lowest BCUT2D eigenvalue weighted by Gasteiger charge is -2.37. The number of aromatic nitrogens is 6. The Labute approximate surface area is 216 Å². The normalized spacial score (nSPS) is 14.6. The second-order valence-corrected chi connectivity index (χ2v) is 9.80. The lowest BCUT2D eigenvalue weighted by Crippen LogP contribution is -2.37. The minimum Gasteiger partial charge on any atom is -0.367 e. The molecule has 5 rings (SSSR count). The van der Waals surface area contributed by atoms with E-state index in [1.54, 1.807) is 0 Å². The summed E-state index contributed by atoms with van der Waals surface area (Å²) in [6, 6.07) is 14.1. The molecule has 0 spiro atoms. The van der Waals surface area contributed by atoms with Crippen molar-refractivity contribution in [3.8, 4) is 22.5 Å².